The Morgan fingerprint density at radius 2 is 2.09 bits per heavy atom. The molecule has 0 amide bonds. The van der Waals surface area contributed by atoms with Crippen LogP contribution < -0.4 is 20.5 Å². The van der Waals surface area contributed by atoms with E-state index in [-0.39, 0.29) is 24.0 Å². The first-order chi connectivity index (χ1) is 10.2. The monoisotopic (exact) mass is 414 g/mol. The number of nitrogens with zero attached hydrogens (tertiary/aromatic N) is 2. The predicted octanol–water partition coefficient (Wildman–Crippen LogP) is 2.64. The van der Waals surface area contributed by atoms with E-state index in [0.29, 0.717) is 29.7 Å². The molecule has 0 radical (unpaired) electrons. The maximum Gasteiger partial charge on any atom is 0.193 e. The van der Waals surface area contributed by atoms with Gasteiger partial charge in [-0.25, -0.2) is 4.99 Å². The Hall–Kier alpha value is -2.03. The van der Waals surface area contributed by atoms with E-state index in [2.05, 4.69) is 15.3 Å². The maximum atomic E-state index is 5.89. The Bertz CT molecular complexity index is 620. The minimum atomic E-state index is 0. The van der Waals surface area contributed by atoms with Crippen LogP contribution in [0.1, 0.15) is 5.56 Å². The second kappa shape index (κ2) is 9.08. The minimum absolute atomic E-state index is 0. The molecule has 1 aromatic carbocycles. The van der Waals surface area contributed by atoms with Crippen LogP contribution in [0.5, 0.6) is 11.5 Å². The van der Waals surface area contributed by atoms with Gasteiger partial charge in [0.25, 0.3) is 0 Å². The van der Waals surface area contributed by atoms with Crippen molar-refractivity contribution in [1.82, 2.24) is 4.98 Å². The molecule has 0 saturated heterocycles. The zero-order valence-corrected chi connectivity index (χ0v) is 14.8. The lowest BCUT2D eigenvalue weighted by Crippen LogP contribution is -2.23. The number of nitrogens with one attached hydrogen (secondary N) is 1. The number of pyridine rings is 1. The third-order valence-corrected chi connectivity index (χ3v) is 2.82. The van der Waals surface area contributed by atoms with Gasteiger partial charge in [-0.15, -0.1) is 24.0 Å². The maximum absolute atomic E-state index is 5.89. The lowest BCUT2D eigenvalue weighted by atomic mass is 10.2. The largest absolute Gasteiger partial charge is 0.497 e. The zero-order chi connectivity index (χ0) is 15.1. The van der Waals surface area contributed by atoms with Gasteiger partial charge in [0, 0.05) is 18.5 Å². The SMILES string of the molecule is COc1ccc(OC)c(NC(N)=NCc2cccnc2)c1.I. The Morgan fingerprint density at radius 1 is 1.27 bits per heavy atom. The molecule has 1 heterocycles. The molecule has 1 aromatic heterocycles. The van der Waals surface area contributed by atoms with Crippen LogP contribution in [0.3, 0.4) is 0 Å². The van der Waals surface area contributed by atoms with Crippen LogP contribution in [-0.4, -0.2) is 25.2 Å². The van der Waals surface area contributed by atoms with E-state index >= 15 is 0 Å². The van der Waals surface area contributed by atoms with Gasteiger partial charge in [0.15, 0.2) is 5.96 Å². The van der Waals surface area contributed by atoms with E-state index in [9.17, 15) is 0 Å². The summed E-state index contributed by atoms with van der Waals surface area (Å²) in [7, 11) is 3.20. The van der Waals surface area contributed by atoms with Crippen LogP contribution in [-0.2, 0) is 6.54 Å². The van der Waals surface area contributed by atoms with Crippen molar-refractivity contribution in [3.8, 4) is 11.5 Å². The average molecular weight is 414 g/mol. The lowest BCUT2D eigenvalue weighted by molar-refractivity contribution is 0.405. The molecule has 0 bridgehead atoms. The summed E-state index contributed by atoms with van der Waals surface area (Å²) < 4.78 is 10.5. The summed E-state index contributed by atoms with van der Waals surface area (Å²) in [5, 5.41) is 3.01. The summed E-state index contributed by atoms with van der Waals surface area (Å²) >= 11 is 0. The smallest absolute Gasteiger partial charge is 0.193 e. The molecular weight excluding hydrogens is 395 g/mol. The number of hydrogen-bond donors (Lipinski definition) is 2. The molecule has 3 N–H and O–H groups in total. The number of nitrogens with two attached hydrogens (primary N) is 1. The number of methoxy groups -OCH3 is 2. The molecule has 0 spiro atoms. The number of benzene rings is 1. The minimum Gasteiger partial charge on any atom is -0.497 e. The van der Waals surface area contributed by atoms with Gasteiger partial charge in [-0.2, -0.15) is 0 Å². The van der Waals surface area contributed by atoms with Crippen LogP contribution in [0, 0.1) is 0 Å². The van der Waals surface area contributed by atoms with Gasteiger partial charge >= 0.3 is 0 Å². The molecular formula is C15H19IN4O2. The fraction of sp³-hybridized carbons (Fsp3) is 0.200. The first kappa shape index (κ1) is 18.0. The van der Waals surface area contributed by atoms with Gasteiger partial charge in [-0.05, 0) is 23.8 Å². The molecule has 118 valence electrons. The van der Waals surface area contributed by atoms with Gasteiger partial charge in [0.2, 0.25) is 0 Å². The molecule has 22 heavy (non-hydrogen) atoms. The van der Waals surface area contributed by atoms with Crippen molar-refractivity contribution in [2.45, 2.75) is 6.54 Å². The zero-order valence-electron chi connectivity index (χ0n) is 12.4. The first-order valence-electron chi connectivity index (χ1n) is 6.41. The highest BCUT2D eigenvalue weighted by molar-refractivity contribution is 14.0. The highest BCUT2D eigenvalue weighted by atomic mass is 127. The second-order valence-electron chi connectivity index (χ2n) is 4.25. The molecule has 0 aliphatic heterocycles. The molecule has 0 aliphatic rings. The van der Waals surface area contributed by atoms with Crippen molar-refractivity contribution >= 4 is 35.6 Å². The second-order valence-corrected chi connectivity index (χ2v) is 4.25. The number of halogens is 1. The summed E-state index contributed by atoms with van der Waals surface area (Å²) in [4.78, 5) is 8.30. The van der Waals surface area contributed by atoms with Crippen molar-refractivity contribution in [3.63, 3.8) is 0 Å². The molecule has 0 fully saturated rings. The quantitative estimate of drug-likeness (QED) is 0.447. The summed E-state index contributed by atoms with van der Waals surface area (Å²) in [6, 6.07) is 9.21. The Morgan fingerprint density at radius 3 is 2.73 bits per heavy atom. The van der Waals surface area contributed by atoms with E-state index in [1.165, 1.54) is 0 Å². The van der Waals surface area contributed by atoms with Crippen LogP contribution >= 0.6 is 24.0 Å². The number of rotatable bonds is 5. The van der Waals surface area contributed by atoms with Crippen molar-refractivity contribution in [2.75, 3.05) is 19.5 Å². The molecule has 0 aliphatic carbocycles. The van der Waals surface area contributed by atoms with E-state index < -0.39 is 0 Å². The fourth-order valence-electron chi connectivity index (χ4n) is 1.76. The van der Waals surface area contributed by atoms with Crippen molar-refractivity contribution in [1.29, 1.82) is 0 Å². The number of ether oxygens (including phenoxy) is 2. The van der Waals surface area contributed by atoms with E-state index in [4.69, 9.17) is 15.2 Å². The van der Waals surface area contributed by atoms with E-state index in [0.717, 1.165) is 5.56 Å². The summed E-state index contributed by atoms with van der Waals surface area (Å²) in [5.74, 6) is 1.67. The van der Waals surface area contributed by atoms with Gasteiger partial charge in [0.1, 0.15) is 11.5 Å². The van der Waals surface area contributed by atoms with Crippen LogP contribution in [0.4, 0.5) is 5.69 Å². The number of anilines is 1. The normalized spacial score (nSPS) is 10.5. The first-order valence-corrected chi connectivity index (χ1v) is 6.41. The third kappa shape index (κ3) is 5.06. The number of aromatic nitrogens is 1. The lowest BCUT2D eigenvalue weighted by Gasteiger charge is -2.12. The molecule has 6 nitrogen and oxygen atoms in total. The molecule has 7 heteroatoms. The van der Waals surface area contributed by atoms with Crippen LogP contribution in [0.15, 0.2) is 47.7 Å². The van der Waals surface area contributed by atoms with Gasteiger partial charge in [-0.1, -0.05) is 6.07 Å². The Kier molecular flexibility index (Phi) is 7.44. The summed E-state index contributed by atoms with van der Waals surface area (Å²) in [6.45, 7) is 0.457. The molecule has 2 rings (SSSR count). The highest BCUT2D eigenvalue weighted by Gasteiger charge is 2.06. The Balaban J connectivity index is 0.00000242. The number of guanidine groups is 1. The van der Waals surface area contributed by atoms with Crippen molar-refractivity contribution in [3.05, 3.63) is 48.3 Å². The van der Waals surface area contributed by atoms with Crippen LogP contribution in [0.25, 0.3) is 0 Å². The fourth-order valence-corrected chi connectivity index (χ4v) is 1.76. The average Bonchev–Trinajstić information content (AvgIpc) is 2.54. The standard InChI is InChI=1S/C15H18N4O2.HI/c1-20-12-5-6-14(21-2)13(8-12)19-15(16)18-10-11-4-3-7-17-9-11;/h3-9H,10H2,1-2H3,(H3,16,18,19);1H. The van der Waals surface area contributed by atoms with Crippen LogP contribution in [0.2, 0.25) is 0 Å². The third-order valence-electron chi connectivity index (χ3n) is 2.82. The molecule has 0 unspecified atom stereocenters. The molecule has 0 atom stereocenters. The molecule has 2 aromatic rings. The van der Waals surface area contributed by atoms with Gasteiger partial charge in [0.05, 0.1) is 26.5 Å². The highest BCUT2D eigenvalue weighted by Crippen LogP contribution is 2.28. The van der Waals surface area contributed by atoms with Gasteiger partial charge < -0.3 is 20.5 Å². The van der Waals surface area contributed by atoms with E-state index in [1.54, 1.807) is 38.7 Å². The van der Waals surface area contributed by atoms with Gasteiger partial charge in [-0.3, -0.25) is 4.98 Å². The van der Waals surface area contributed by atoms with Crippen molar-refractivity contribution < 1.29 is 9.47 Å². The number of aliphatic imine (C=N–C) groups is 1. The van der Waals surface area contributed by atoms with E-state index in [1.807, 2.05) is 18.2 Å². The molecule has 0 saturated carbocycles. The van der Waals surface area contributed by atoms with Crippen molar-refractivity contribution in [2.24, 2.45) is 10.7 Å². The predicted molar refractivity (Wildman–Crippen MR) is 98.1 cm³/mol. The summed E-state index contributed by atoms with van der Waals surface area (Å²) in [5.41, 5.74) is 7.58. The number of hydrogen-bond acceptors (Lipinski definition) is 4. The topological polar surface area (TPSA) is 81.8 Å². The summed E-state index contributed by atoms with van der Waals surface area (Å²) in [6.07, 6.45) is 3.47. The Labute approximate surface area is 146 Å².